The molecule has 0 aromatic carbocycles. The van der Waals surface area contributed by atoms with Gasteiger partial charge in [0.1, 0.15) is 0 Å². The molecule has 1 aromatic rings. The molecule has 0 aliphatic heterocycles. The monoisotopic (exact) mass is 236 g/mol. The Kier molecular flexibility index (Phi) is 2.96. The Bertz CT molecular complexity index is 227. The minimum absolute atomic E-state index is 0.0527. The average molecular weight is 238 g/mol. The van der Waals surface area contributed by atoms with Crippen molar-refractivity contribution >= 4 is 27.5 Å². The lowest BCUT2D eigenvalue weighted by Gasteiger charge is -2.06. The van der Waals surface area contributed by atoms with Gasteiger partial charge in [-0.1, -0.05) is 6.92 Å². The van der Waals surface area contributed by atoms with Crippen LogP contribution in [0.4, 0.5) is 0 Å². The molecule has 1 heterocycles. The van der Waals surface area contributed by atoms with E-state index in [0.717, 1.165) is 16.6 Å². The highest BCUT2D eigenvalue weighted by atomic mass is 79.9. The molecule has 2 nitrogen and oxygen atoms in total. The zero-order valence-corrected chi connectivity index (χ0v) is 8.85. The van der Waals surface area contributed by atoms with Crippen molar-refractivity contribution in [1.82, 2.24) is 9.78 Å². The summed E-state index contributed by atoms with van der Waals surface area (Å²) in [6, 6.07) is 0. The van der Waals surface area contributed by atoms with Crippen molar-refractivity contribution in [3.63, 3.8) is 0 Å². The Morgan fingerprint density at radius 3 is 2.82 bits per heavy atom. The second-order valence-corrected chi connectivity index (χ2v) is 3.76. The number of nitrogens with zero attached hydrogens (tertiary/aromatic N) is 2. The summed E-state index contributed by atoms with van der Waals surface area (Å²) < 4.78 is 2.78. The van der Waals surface area contributed by atoms with E-state index in [9.17, 15) is 0 Å². The van der Waals surface area contributed by atoms with Gasteiger partial charge in [-0.25, -0.2) is 0 Å². The Morgan fingerprint density at radius 1 is 1.82 bits per heavy atom. The van der Waals surface area contributed by atoms with Gasteiger partial charge in [-0.15, -0.1) is 11.6 Å². The second-order valence-electron chi connectivity index (χ2n) is 2.38. The van der Waals surface area contributed by atoms with Crippen LogP contribution in [0.1, 0.15) is 24.4 Å². The Morgan fingerprint density at radius 2 is 2.45 bits per heavy atom. The second kappa shape index (κ2) is 3.59. The topological polar surface area (TPSA) is 17.8 Å². The van der Waals surface area contributed by atoms with Gasteiger partial charge in [0.25, 0.3) is 0 Å². The predicted octanol–water partition coefficient (Wildman–Crippen LogP) is 2.87. The highest BCUT2D eigenvalue weighted by Gasteiger charge is 2.13. The van der Waals surface area contributed by atoms with Crippen molar-refractivity contribution in [1.29, 1.82) is 0 Å². The number of hydrogen-bond acceptors (Lipinski definition) is 1. The van der Waals surface area contributed by atoms with Crippen molar-refractivity contribution in [2.45, 2.75) is 18.7 Å². The van der Waals surface area contributed by atoms with Gasteiger partial charge < -0.3 is 0 Å². The molecule has 4 heteroatoms. The Hall–Kier alpha value is -0.0200. The van der Waals surface area contributed by atoms with Gasteiger partial charge in [-0.2, -0.15) is 5.10 Å². The first-order chi connectivity index (χ1) is 5.16. The quantitative estimate of drug-likeness (QED) is 0.723. The molecule has 0 N–H and O–H groups in total. The summed E-state index contributed by atoms with van der Waals surface area (Å²) >= 11 is 9.44. The number of aryl methyl sites for hydroxylation is 1. The minimum Gasteiger partial charge on any atom is -0.270 e. The summed E-state index contributed by atoms with van der Waals surface area (Å²) in [5, 5.41) is 4.12. The van der Waals surface area contributed by atoms with Crippen molar-refractivity contribution in [2.75, 3.05) is 0 Å². The fraction of sp³-hybridized carbons (Fsp3) is 0.571. The van der Waals surface area contributed by atoms with E-state index in [1.54, 1.807) is 10.9 Å². The third kappa shape index (κ3) is 1.76. The van der Waals surface area contributed by atoms with Crippen LogP contribution in [-0.2, 0) is 7.05 Å². The van der Waals surface area contributed by atoms with Crippen LogP contribution in [0.2, 0.25) is 0 Å². The van der Waals surface area contributed by atoms with E-state index in [4.69, 9.17) is 11.6 Å². The number of alkyl halides is 1. The third-order valence-electron chi connectivity index (χ3n) is 1.59. The molecule has 1 rings (SSSR count). The SMILES string of the molecule is CCC(Cl)c1c(Br)cnn1C. The lowest BCUT2D eigenvalue weighted by molar-refractivity contribution is 0.685. The third-order valence-corrected chi connectivity index (χ3v) is 2.72. The van der Waals surface area contributed by atoms with Gasteiger partial charge in [0.15, 0.2) is 0 Å². The molecule has 0 fully saturated rings. The molecule has 0 radical (unpaired) electrons. The molecule has 0 aliphatic carbocycles. The highest BCUT2D eigenvalue weighted by Crippen LogP contribution is 2.29. The number of rotatable bonds is 2. The first-order valence-corrected chi connectivity index (χ1v) is 4.71. The fourth-order valence-corrected chi connectivity index (χ4v) is 1.98. The molecule has 0 saturated heterocycles. The molecule has 0 spiro atoms. The maximum absolute atomic E-state index is 6.05. The van der Waals surface area contributed by atoms with E-state index in [1.807, 2.05) is 7.05 Å². The van der Waals surface area contributed by atoms with E-state index >= 15 is 0 Å². The summed E-state index contributed by atoms with van der Waals surface area (Å²) in [6.07, 6.45) is 2.68. The maximum atomic E-state index is 6.05. The lowest BCUT2D eigenvalue weighted by Crippen LogP contribution is -2.00. The van der Waals surface area contributed by atoms with Crippen LogP contribution in [0.15, 0.2) is 10.7 Å². The smallest absolute Gasteiger partial charge is 0.0763 e. The largest absolute Gasteiger partial charge is 0.270 e. The van der Waals surface area contributed by atoms with Crippen LogP contribution in [-0.4, -0.2) is 9.78 Å². The van der Waals surface area contributed by atoms with Crippen molar-refractivity contribution in [3.8, 4) is 0 Å². The summed E-state index contributed by atoms with van der Waals surface area (Å²) in [7, 11) is 1.89. The van der Waals surface area contributed by atoms with Gasteiger partial charge in [0, 0.05) is 7.05 Å². The molecule has 0 aliphatic rings. The molecule has 62 valence electrons. The minimum atomic E-state index is 0.0527. The summed E-state index contributed by atoms with van der Waals surface area (Å²) in [4.78, 5) is 0. The number of hydrogen-bond donors (Lipinski definition) is 0. The van der Waals surface area contributed by atoms with Crippen LogP contribution in [0.3, 0.4) is 0 Å². The predicted molar refractivity (Wildman–Crippen MR) is 49.8 cm³/mol. The van der Waals surface area contributed by atoms with E-state index in [1.165, 1.54) is 0 Å². The van der Waals surface area contributed by atoms with Crippen LogP contribution in [0.5, 0.6) is 0 Å². The molecule has 0 saturated carbocycles. The van der Waals surface area contributed by atoms with Crippen molar-refractivity contribution in [3.05, 3.63) is 16.4 Å². The molecule has 1 aromatic heterocycles. The molecule has 1 unspecified atom stereocenters. The van der Waals surface area contributed by atoms with Crippen LogP contribution >= 0.6 is 27.5 Å². The van der Waals surface area contributed by atoms with Gasteiger partial charge in [0.2, 0.25) is 0 Å². The van der Waals surface area contributed by atoms with Gasteiger partial charge in [0.05, 0.1) is 21.7 Å². The number of halogens is 2. The van der Waals surface area contributed by atoms with E-state index in [2.05, 4.69) is 28.0 Å². The molecule has 1 atom stereocenters. The first-order valence-electron chi connectivity index (χ1n) is 3.48. The fourth-order valence-electron chi connectivity index (χ4n) is 0.966. The normalized spacial score (nSPS) is 13.5. The molecule has 11 heavy (non-hydrogen) atoms. The molecular weight excluding hydrogens is 227 g/mol. The molecule has 0 bridgehead atoms. The molecular formula is C7H10BrClN2. The first kappa shape index (κ1) is 9.07. The summed E-state index contributed by atoms with van der Waals surface area (Å²) in [5.74, 6) is 0. The number of aromatic nitrogens is 2. The standard InChI is InChI=1S/C7H10BrClN2/c1-3-6(9)7-5(8)4-10-11(7)2/h4,6H,3H2,1-2H3. The Balaban J connectivity index is 3.00. The molecule has 0 amide bonds. The average Bonchev–Trinajstić information content (AvgIpc) is 2.30. The van der Waals surface area contributed by atoms with E-state index < -0.39 is 0 Å². The Labute approximate surface area is 79.7 Å². The van der Waals surface area contributed by atoms with E-state index in [-0.39, 0.29) is 5.38 Å². The van der Waals surface area contributed by atoms with Crippen LogP contribution in [0.25, 0.3) is 0 Å². The lowest BCUT2D eigenvalue weighted by atomic mass is 10.2. The summed E-state index contributed by atoms with van der Waals surface area (Å²) in [5.41, 5.74) is 1.05. The van der Waals surface area contributed by atoms with Gasteiger partial charge in [-0.05, 0) is 22.4 Å². The van der Waals surface area contributed by atoms with E-state index in [0.29, 0.717) is 0 Å². The zero-order valence-electron chi connectivity index (χ0n) is 6.51. The highest BCUT2D eigenvalue weighted by molar-refractivity contribution is 9.10. The van der Waals surface area contributed by atoms with Crippen LogP contribution < -0.4 is 0 Å². The zero-order chi connectivity index (χ0) is 8.43. The van der Waals surface area contributed by atoms with Gasteiger partial charge >= 0.3 is 0 Å². The van der Waals surface area contributed by atoms with Gasteiger partial charge in [-0.3, -0.25) is 4.68 Å². The van der Waals surface area contributed by atoms with Crippen LogP contribution in [0, 0.1) is 0 Å². The maximum Gasteiger partial charge on any atom is 0.0763 e. The van der Waals surface area contributed by atoms with Crippen molar-refractivity contribution in [2.24, 2.45) is 7.05 Å². The summed E-state index contributed by atoms with van der Waals surface area (Å²) in [6.45, 7) is 2.05. The van der Waals surface area contributed by atoms with Crippen molar-refractivity contribution < 1.29 is 0 Å².